The van der Waals surface area contributed by atoms with E-state index >= 15 is 0 Å². The van der Waals surface area contributed by atoms with Crippen molar-refractivity contribution in [1.29, 1.82) is 0 Å². The molecule has 0 fully saturated rings. The van der Waals surface area contributed by atoms with Crippen LogP contribution in [0.5, 0.6) is 5.75 Å². The number of hydrogen-bond donors (Lipinski definition) is 2. The van der Waals surface area contributed by atoms with Gasteiger partial charge in [-0.05, 0) is 54.8 Å². The molecule has 0 saturated heterocycles. The molecule has 1 aromatic rings. The fourth-order valence-corrected chi connectivity index (χ4v) is 2.09. The van der Waals surface area contributed by atoms with Gasteiger partial charge in [-0.2, -0.15) is 0 Å². The number of benzene rings is 1. The summed E-state index contributed by atoms with van der Waals surface area (Å²) in [5.74, 6) is -0.188. The molecule has 0 atom stereocenters. The molecular formula is C16H22BrNO4. The molecule has 0 aliphatic carbocycles. The van der Waals surface area contributed by atoms with E-state index in [4.69, 9.17) is 9.84 Å². The summed E-state index contributed by atoms with van der Waals surface area (Å²) in [5, 5.41) is 11.7. The smallest absolute Gasteiger partial charge is 0.309 e. The first-order valence-corrected chi connectivity index (χ1v) is 7.99. The van der Waals surface area contributed by atoms with Crippen molar-refractivity contribution in [2.45, 2.75) is 33.1 Å². The van der Waals surface area contributed by atoms with Crippen molar-refractivity contribution in [2.24, 2.45) is 5.41 Å². The number of carbonyl (C=O) groups is 2. The minimum atomic E-state index is -0.858. The van der Waals surface area contributed by atoms with E-state index in [1.807, 2.05) is 24.3 Å². The quantitative estimate of drug-likeness (QED) is 0.653. The largest absolute Gasteiger partial charge is 0.492 e. The molecule has 0 aliphatic heterocycles. The van der Waals surface area contributed by atoms with Crippen LogP contribution < -0.4 is 10.1 Å². The molecule has 0 bridgehead atoms. The van der Waals surface area contributed by atoms with Crippen LogP contribution in [0.4, 0.5) is 0 Å². The summed E-state index contributed by atoms with van der Waals surface area (Å²) in [5.41, 5.74) is -0.823. The van der Waals surface area contributed by atoms with E-state index in [1.165, 1.54) is 0 Å². The van der Waals surface area contributed by atoms with Gasteiger partial charge in [-0.15, -0.1) is 0 Å². The van der Waals surface area contributed by atoms with Crippen LogP contribution in [0.3, 0.4) is 0 Å². The maximum Gasteiger partial charge on any atom is 0.309 e. The average molecular weight is 372 g/mol. The minimum Gasteiger partial charge on any atom is -0.492 e. The van der Waals surface area contributed by atoms with Gasteiger partial charge in [-0.25, -0.2) is 0 Å². The number of para-hydroxylation sites is 1. The lowest BCUT2D eigenvalue weighted by molar-refractivity contribution is -0.147. The number of hydrogen-bond acceptors (Lipinski definition) is 3. The summed E-state index contributed by atoms with van der Waals surface area (Å²) >= 11 is 3.39. The number of rotatable bonds is 9. The lowest BCUT2D eigenvalue weighted by atomic mass is 9.90. The van der Waals surface area contributed by atoms with Gasteiger partial charge in [0.25, 0.3) is 0 Å². The summed E-state index contributed by atoms with van der Waals surface area (Å²) in [6.07, 6.45) is 1.37. The lowest BCUT2D eigenvalue weighted by Gasteiger charge is -2.18. The van der Waals surface area contributed by atoms with E-state index < -0.39 is 11.4 Å². The molecule has 5 nitrogen and oxygen atoms in total. The van der Waals surface area contributed by atoms with Crippen molar-refractivity contribution in [3.63, 3.8) is 0 Å². The van der Waals surface area contributed by atoms with Gasteiger partial charge in [0.15, 0.2) is 0 Å². The lowest BCUT2D eigenvalue weighted by Crippen LogP contribution is -2.31. The topological polar surface area (TPSA) is 75.6 Å². The molecule has 0 spiro atoms. The van der Waals surface area contributed by atoms with Crippen molar-refractivity contribution < 1.29 is 19.4 Å². The first-order valence-electron chi connectivity index (χ1n) is 7.20. The fraction of sp³-hybridized carbons (Fsp3) is 0.500. The molecule has 1 aromatic carbocycles. The predicted octanol–water partition coefficient (Wildman–Crippen LogP) is 3.23. The van der Waals surface area contributed by atoms with E-state index in [0.29, 0.717) is 32.4 Å². The first-order chi connectivity index (χ1) is 10.3. The second-order valence-electron chi connectivity index (χ2n) is 5.67. The fourth-order valence-electron chi connectivity index (χ4n) is 1.69. The average Bonchev–Trinajstić information content (AvgIpc) is 2.45. The maximum absolute atomic E-state index is 11.7. The Kier molecular flexibility index (Phi) is 7.38. The predicted molar refractivity (Wildman–Crippen MR) is 87.9 cm³/mol. The summed E-state index contributed by atoms with van der Waals surface area (Å²) in [4.78, 5) is 22.6. The normalized spacial score (nSPS) is 11.0. The van der Waals surface area contributed by atoms with Crippen molar-refractivity contribution in [2.75, 3.05) is 13.2 Å². The van der Waals surface area contributed by atoms with Crippen LogP contribution in [0.2, 0.25) is 0 Å². The highest BCUT2D eigenvalue weighted by atomic mass is 79.9. The zero-order chi connectivity index (χ0) is 16.6. The van der Waals surface area contributed by atoms with Gasteiger partial charge in [0.05, 0.1) is 16.5 Å². The number of carboxylic acids is 1. The van der Waals surface area contributed by atoms with Crippen LogP contribution in [0, 0.1) is 5.41 Å². The number of aliphatic carboxylic acids is 1. The molecule has 22 heavy (non-hydrogen) atoms. The van der Waals surface area contributed by atoms with Gasteiger partial charge in [0.1, 0.15) is 5.75 Å². The second kappa shape index (κ2) is 8.78. The first kappa shape index (κ1) is 18.5. The van der Waals surface area contributed by atoms with E-state index in [2.05, 4.69) is 21.2 Å². The molecule has 0 radical (unpaired) electrons. The third-order valence-corrected chi connectivity index (χ3v) is 3.95. The van der Waals surface area contributed by atoms with Crippen molar-refractivity contribution in [1.82, 2.24) is 5.32 Å². The third kappa shape index (κ3) is 6.47. The van der Waals surface area contributed by atoms with Crippen LogP contribution in [0.1, 0.15) is 33.1 Å². The Morgan fingerprint density at radius 2 is 2.00 bits per heavy atom. The summed E-state index contributed by atoms with van der Waals surface area (Å²) in [6.45, 7) is 4.11. The summed E-state index contributed by atoms with van der Waals surface area (Å²) in [6, 6.07) is 7.55. The molecule has 1 rings (SSSR count). The van der Waals surface area contributed by atoms with E-state index in [-0.39, 0.29) is 5.91 Å². The molecule has 2 N–H and O–H groups in total. The Labute approximate surface area is 139 Å². The zero-order valence-electron chi connectivity index (χ0n) is 12.9. The van der Waals surface area contributed by atoms with Gasteiger partial charge in [0.2, 0.25) is 5.91 Å². The highest BCUT2D eigenvalue weighted by Crippen LogP contribution is 2.23. The van der Waals surface area contributed by atoms with E-state index in [0.717, 1.165) is 10.2 Å². The Hall–Kier alpha value is -1.56. The van der Waals surface area contributed by atoms with Crippen molar-refractivity contribution in [3.8, 4) is 5.75 Å². The van der Waals surface area contributed by atoms with Gasteiger partial charge < -0.3 is 15.2 Å². The zero-order valence-corrected chi connectivity index (χ0v) is 14.5. The summed E-state index contributed by atoms with van der Waals surface area (Å²) in [7, 11) is 0. The van der Waals surface area contributed by atoms with E-state index in [9.17, 15) is 9.59 Å². The van der Waals surface area contributed by atoms with Crippen molar-refractivity contribution in [3.05, 3.63) is 28.7 Å². The van der Waals surface area contributed by atoms with Crippen molar-refractivity contribution >= 4 is 27.8 Å². The molecule has 1 amide bonds. The minimum absolute atomic E-state index is 0.0862. The Morgan fingerprint density at radius 3 is 2.64 bits per heavy atom. The summed E-state index contributed by atoms with van der Waals surface area (Å²) < 4.78 is 6.46. The number of nitrogens with one attached hydrogen (secondary N) is 1. The Balaban J connectivity index is 2.16. The number of carbonyl (C=O) groups excluding carboxylic acids is 1. The monoisotopic (exact) mass is 371 g/mol. The second-order valence-corrected chi connectivity index (χ2v) is 6.53. The number of carboxylic acid groups (broad SMARTS) is 1. The Morgan fingerprint density at radius 1 is 1.32 bits per heavy atom. The van der Waals surface area contributed by atoms with E-state index in [1.54, 1.807) is 13.8 Å². The van der Waals surface area contributed by atoms with Crippen LogP contribution in [-0.4, -0.2) is 30.1 Å². The Bertz CT molecular complexity index is 517. The number of ether oxygens (including phenoxy) is 1. The molecular weight excluding hydrogens is 350 g/mol. The molecule has 6 heteroatoms. The van der Waals surface area contributed by atoms with Gasteiger partial charge in [0, 0.05) is 13.0 Å². The molecule has 122 valence electrons. The SMILES string of the molecule is CC(C)(CCNC(=O)CCCOc1ccccc1Br)C(=O)O. The van der Waals surface area contributed by atoms with Crippen LogP contribution in [0.15, 0.2) is 28.7 Å². The maximum atomic E-state index is 11.7. The van der Waals surface area contributed by atoms with Gasteiger partial charge in [-0.3, -0.25) is 9.59 Å². The molecule has 0 aliphatic rings. The molecule has 0 unspecified atom stereocenters. The van der Waals surface area contributed by atoms with Crippen LogP contribution >= 0.6 is 15.9 Å². The standard InChI is InChI=1S/C16H22BrNO4/c1-16(2,15(20)21)9-10-18-14(19)8-5-11-22-13-7-4-3-6-12(13)17/h3-4,6-7H,5,8-11H2,1-2H3,(H,18,19)(H,20,21). The van der Waals surface area contributed by atoms with Gasteiger partial charge >= 0.3 is 5.97 Å². The van der Waals surface area contributed by atoms with Gasteiger partial charge in [-0.1, -0.05) is 12.1 Å². The van der Waals surface area contributed by atoms with Crippen LogP contribution in [0.25, 0.3) is 0 Å². The highest BCUT2D eigenvalue weighted by Gasteiger charge is 2.26. The van der Waals surface area contributed by atoms with Crippen LogP contribution in [-0.2, 0) is 9.59 Å². The number of halogens is 1. The molecule has 0 aromatic heterocycles. The molecule has 0 heterocycles. The highest BCUT2D eigenvalue weighted by molar-refractivity contribution is 9.10. The third-order valence-electron chi connectivity index (χ3n) is 3.29. The molecule has 0 saturated carbocycles. The number of amides is 1.